The number of aryl methyl sites for hydroxylation is 1. The molecule has 0 bridgehead atoms. The number of piperidine rings is 1. The van der Waals surface area contributed by atoms with Crippen LogP contribution in [-0.4, -0.2) is 44.5 Å². The lowest BCUT2D eigenvalue weighted by molar-refractivity contribution is 0.118. The van der Waals surface area contributed by atoms with Crippen molar-refractivity contribution in [2.75, 3.05) is 26.8 Å². The van der Waals surface area contributed by atoms with E-state index >= 15 is 0 Å². The normalized spacial score (nSPS) is 20.0. The molecule has 2 aromatic rings. The molecular weight excluding hydrogens is 312 g/mol. The summed E-state index contributed by atoms with van der Waals surface area (Å²) in [7, 11) is -1.88. The molecule has 1 fully saturated rings. The highest BCUT2D eigenvalue weighted by atomic mass is 32.2. The van der Waals surface area contributed by atoms with E-state index in [1.54, 1.807) is 29.7 Å². The molecular formula is C17H22N2O3S. The quantitative estimate of drug-likeness (QED) is 0.862. The van der Waals surface area contributed by atoms with Crippen LogP contribution in [0.15, 0.2) is 35.4 Å². The Morgan fingerprint density at radius 1 is 1.39 bits per heavy atom. The molecule has 0 N–H and O–H groups in total. The van der Waals surface area contributed by atoms with Gasteiger partial charge in [0.05, 0.1) is 12.1 Å². The average Bonchev–Trinajstić information content (AvgIpc) is 2.54. The number of rotatable bonds is 4. The third kappa shape index (κ3) is 3.24. The van der Waals surface area contributed by atoms with Crippen molar-refractivity contribution in [2.24, 2.45) is 5.92 Å². The largest absolute Gasteiger partial charge is 0.384 e. The number of nitrogens with zero attached hydrogens (tertiary/aromatic N) is 2. The maximum Gasteiger partial charge on any atom is 0.245 e. The van der Waals surface area contributed by atoms with Crippen molar-refractivity contribution in [3.63, 3.8) is 0 Å². The first-order chi connectivity index (χ1) is 11.0. The highest BCUT2D eigenvalue weighted by molar-refractivity contribution is 7.89. The zero-order chi connectivity index (χ0) is 16.4. The van der Waals surface area contributed by atoms with Gasteiger partial charge in [0.2, 0.25) is 10.0 Å². The molecule has 6 heteroatoms. The van der Waals surface area contributed by atoms with E-state index in [1.165, 1.54) is 0 Å². The van der Waals surface area contributed by atoms with Gasteiger partial charge in [0.1, 0.15) is 4.90 Å². The molecule has 1 aromatic carbocycles. The number of pyridine rings is 1. The summed E-state index contributed by atoms with van der Waals surface area (Å²) in [5.41, 5.74) is 1.57. The Balaban J connectivity index is 1.99. The minimum atomic E-state index is -3.54. The third-order valence-electron chi connectivity index (χ3n) is 4.31. The Morgan fingerprint density at radius 2 is 2.22 bits per heavy atom. The zero-order valence-corrected chi connectivity index (χ0v) is 14.3. The summed E-state index contributed by atoms with van der Waals surface area (Å²) in [4.78, 5) is 4.67. The summed E-state index contributed by atoms with van der Waals surface area (Å²) >= 11 is 0. The Hall–Kier alpha value is -1.50. The fourth-order valence-corrected chi connectivity index (χ4v) is 4.93. The number of hydrogen-bond donors (Lipinski definition) is 0. The van der Waals surface area contributed by atoms with E-state index in [4.69, 9.17) is 4.74 Å². The summed E-state index contributed by atoms with van der Waals surface area (Å²) in [6.07, 6.45) is 3.59. The molecule has 1 unspecified atom stereocenters. The summed E-state index contributed by atoms with van der Waals surface area (Å²) in [6.45, 7) is 3.62. The minimum Gasteiger partial charge on any atom is -0.384 e. The van der Waals surface area contributed by atoms with Crippen LogP contribution >= 0.6 is 0 Å². The molecule has 0 amide bonds. The fraction of sp³-hybridized carbons (Fsp3) is 0.471. The van der Waals surface area contributed by atoms with Gasteiger partial charge in [-0.2, -0.15) is 4.31 Å². The molecule has 1 aromatic heterocycles. The molecule has 1 atom stereocenters. The average molecular weight is 334 g/mol. The lowest BCUT2D eigenvalue weighted by Gasteiger charge is -2.31. The highest BCUT2D eigenvalue weighted by Crippen LogP contribution is 2.28. The molecule has 23 heavy (non-hydrogen) atoms. The molecule has 124 valence electrons. The van der Waals surface area contributed by atoms with Crippen molar-refractivity contribution in [2.45, 2.75) is 24.7 Å². The number of sulfonamides is 1. The molecule has 2 heterocycles. The first-order valence-electron chi connectivity index (χ1n) is 7.87. The molecule has 1 aliphatic heterocycles. The van der Waals surface area contributed by atoms with E-state index in [0.29, 0.717) is 30.1 Å². The van der Waals surface area contributed by atoms with E-state index in [2.05, 4.69) is 4.98 Å². The molecule has 0 spiro atoms. The SMILES string of the molecule is COCC1CCCN(S(=O)(=O)c2cccc3cc(C)cnc23)C1. The van der Waals surface area contributed by atoms with Gasteiger partial charge in [0.25, 0.3) is 0 Å². The molecule has 1 aliphatic rings. The van der Waals surface area contributed by atoms with E-state index < -0.39 is 10.0 Å². The summed E-state index contributed by atoms with van der Waals surface area (Å²) < 4.78 is 32.9. The van der Waals surface area contributed by atoms with Crippen LogP contribution in [0.2, 0.25) is 0 Å². The van der Waals surface area contributed by atoms with Crippen molar-refractivity contribution in [1.82, 2.24) is 9.29 Å². The molecule has 0 saturated carbocycles. The van der Waals surface area contributed by atoms with E-state index in [9.17, 15) is 8.42 Å². The molecule has 1 saturated heterocycles. The number of methoxy groups -OCH3 is 1. The number of para-hydroxylation sites is 1. The number of aromatic nitrogens is 1. The van der Waals surface area contributed by atoms with Gasteiger partial charge in [0, 0.05) is 31.8 Å². The van der Waals surface area contributed by atoms with Gasteiger partial charge in [-0.25, -0.2) is 8.42 Å². The van der Waals surface area contributed by atoms with E-state index in [0.717, 1.165) is 23.8 Å². The number of ether oxygens (including phenoxy) is 1. The second-order valence-electron chi connectivity index (χ2n) is 6.17. The number of benzene rings is 1. The first kappa shape index (κ1) is 16.4. The van der Waals surface area contributed by atoms with E-state index in [-0.39, 0.29) is 5.92 Å². The maximum atomic E-state index is 13.1. The van der Waals surface area contributed by atoms with Gasteiger partial charge in [-0.05, 0) is 43.4 Å². The van der Waals surface area contributed by atoms with Crippen LogP contribution in [0, 0.1) is 12.8 Å². The predicted molar refractivity (Wildman–Crippen MR) is 89.8 cm³/mol. The van der Waals surface area contributed by atoms with Crippen LogP contribution in [0.3, 0.4) is 0 Å². The molecule has 3 rings (SSSR count). The van der Waals surface area contributed by atoms with Crippen molar-refractivity contribution >= 4 is 20.9 Å². The minimum absolute atomic E-state index is 0.258. The Labute approximate surface area is 137 Å². The van der Waals surface area contributed by atoms with Crippen LogP contribution in [0.1, 0.15) is 18.4 Å². The van der Waals surface area contributed by atoms with Gasteiger partial charge in [-0.1, -0.05) is 12.1 Å². The maximum absolute atomic E-state index is 13.1. The summed E-state index contributed by atoms with van der Waals surface area (Å²) in [5.74, 6) is 0.258. The molecule has 0 radical (unpaired) electrons. The summed E-state index contributed by atoms with van der Waals surface area (Å²) in [5, 5.41) is 0.858. The van der Waals surface area contributed by atoms with Crippen LogP contribution in [0.25, 0.3) is 10.9 Å². The molecule has 5 nitrogen and oxygen atoms in total. The Kier molecular flexibility index (Phi) is 4.66. The standard InChI is InChI=1S/C17H22N2O3S/c1-13-9-15-6-3-7-16(17(15)18-10-13)23(20,21)19-8-4-5-14(11-19)12-22-2/h3,6-7,9-10,14H,4-5,8,11-12H2,1-2H3. The lowest BCUT2D eigenvalue weighted by Crippen LogP contribution is -2.41. The smallest absolute Gasteiger partial charge is 0.245 e. The van der Waals surface area contributed by atoms with Crippen LogP contribution < -0.4 is 0 Å². The second-order valence-corrected chi connectivity index (χ2v) is 8.07. The number of hydrogen-bond acceptors (Lipinski definition) is 4. The monoisotopic (exact) mass is 334 g/mol. The van der Waals surface area contributed by atoms with Gasteiger partial charge >= 0.3 is 0 Å². The Morgan fingerprint density at radius 3 is 3.00 bits per heavy atom. The van der Waals surface area contributed by atoms with Crippen LogP contribution in [0.5, 0.6) is 0 Å². The zero-order valence-electron chi connectivity index (χ0n) is 13.5. The van der Waals surface area contributed by atoms with E-state index in [1.807, 2.05) is 19.1 Å². The predicted octanol–water partition coefficient (Wildman–Crippen LogP) is 2.59. The third-order valence-corrected chi connectivity index (χ3v) is 6.21. The van der Waals surface area contributed by atoms with Crippen molar-refractivity contribution in [3.05, 3.63) is 36.0 Å². The van der Waals surface area contributed by atoms with Gasteiger partial charge in [0.15, 0.2) is 0 Å². The van der Waals surface area contributed by atoms with Gasteiger partial charge < -0.3 is 4.74 Å². The topological polar surface area (TPSA) is 59.5 Å². The Bertz CT molecular complexity index is 803. The van der Waals surface area contributed by atoms with Crippen LogP contribution in [-0.2, 0) is 14.8 Å². The fourth-order valence-electron chi connectivity index (χ4n) is 3.21. The van der Waals surface area contributed by atoms with Crippen molar-refractivity contribution in [3.8, 4) is 0 Å². The number of fused-ring (bicyclic) bond motifs is 1. The second kappa shape index (κ2) is 6.55. The molecule has 0 aliphatic carbocycles. The van der Waals surface area contributed by atoms with Gasteiger partial charge in [-0.15, -0.1) is 0 Å². The van der Waals surface area contributed by atoms with Crippen molar-refractivity contribution < 1.29 is 13.2 Å². The van der Waals surface area contributed by atoms with Crippen molar-refractivity contribution in [1.29, 1.82) is 0 Å². The van der Waals surface area contributed by atoms with Crippen LogP contribution in [0.4, 0.5) is 0 Å². The highest BCUT2D eigenvalue weighted by Gasteiger charge is 2.31. The van der Waals surface area contributed by atoms with Gasteiger partial charge in [-0.3, -0.25) is 4.98 Å². The first-order valence-corrected chi connectivity index (χ1v) is 9.31. The summed E-state index contributed by atoms with van der Waals surface area (Å²) in [6, 6.07) is 7.30. The lowest BCUT2D eigenvalue weighted by atomic mass is 10.0.